The molecule has 2 rings (SSSR count). The predicted octanol–water partition coefficient (Wildman–Crippen LogP) is 0.719. The van der Waals surface area contributed by atoms with Gasteiger partial charge in [-0.15, -0.1) is 0 Å². The summed E-state index contributed by atoms with van der Waals surface area (Å²) in [5, 5.41) is 15.7. The Morgan fingerprint density at radius 3 is 2.87 bits per heavy atom. The molecule has 0 spiro atoms. The highest BCUT2D eigenvalue weighted by atomic mass is 16.5. The lowest BCUT2D eigenvalue weighted by Gasteiger charge is -2.22. The van der Waals surface area contributed by atoms with Crippen molar-refractivity contribution in [2.75, 3.05) is 24.3 Å². The van der Waals surface area contributed by atoms with Crippen LogP contribution in [0.2, 0.25) is 0 Å². The zero-order valence-corrected chi connectivity index (χ0v) is 8.19. The first-order chi connectivity index (χ1) is 7.31. The molecule has 6 heteroatoms. The monoisotopic (exact) mass is 208 g/mol. The number of nitrogens with zero attached hydrogens (tertiary/aromatic N) is 2. The Morgan fingerprint density at radius 1 is 1.47 bits per heavy atom. The van der Waals surface area contributed by atoms with Gasteiger partial charge < -0.3 is 20.3 Å². The third-order valence-corrected chi connectivity index (χ3v) is 2.39. The van der Waals surface area contributed by atoms with Crippen LogP contribution in [0.3, 0.4) is 0 Å². The van der Waals surface area contributed by atoms with Crippen molar-refractivity contribution in [2.45, 2.75) is 18.9 Å². The van der Waals surface area contributed by atoms with Crippen LogP contribution in [0.15, 0.2) is 4.52 Å². The summed E-state index contributed by atoms with van der Waals surface area (Å²) >= 11 is 0. The van der Waals surface area contributed by atoms with E-state index in [9.17, 15) is 0 Å². The maximum Gasteiger partial charge on any atom is 0.242 e. The minimum absolute atomic E-state index is 0.0621. The number of hydrogen-bond acceptors (Lipinski definition) is 6. The Hall–Kier alpha value is -1.74. The van der Waals surface area contributed by atoms with Crippen molar-refractivity contribution < 1.29 is 9.26 Å². The lowest BCUT2D eigenvalue weighted by Crippen LogP contribution is -2.28. The van der Waals surface area contributed by atoms with Crippen molar-refractivity contribution in [1.29, 1.82) is 5.26 Å². The van der Waals surface area contributed by atoms with Crippen molar-refractivity contribution >= 4 is 11.7 Å². The molecule has 1 fully saturated rings. The van der Waals surface area contributed by atoms with Crippen LogP contribution in [0.1, 0.15) is 18.4 Å². The summed E-state index contributed by atoms with van der Waals surface area (Å²) in [4.78, 5) is 0. The molecule has 0 aromatic carbocycles. The highest BCUT2D eigenvalue weighted by Gasteiger charge is 2.19. The summed E-state index contributed by atoms with van der Waals surface area (Å²) < 4.78 is 9.97. The molecular formula is C9H12N4O2. The number of nitrogens with two attached hydrogens (primary N) is 1. The van der Waals surface area contributed by atoms with Gasteiger partial charge in [0.1, 0.15) is 6.07 Å². The third kappa shape index (κ3) is 2.02. The molecule has 1 aliphatic heterocycles. The number of nitrogens with one attached hydrogen (secondary N) is 1. The normalized spacial score (nSPS) is 17.3. The maximum absolute atomic E-state index is 8.82. The minimum Gasteiger partial charge on any atom is -0.381 e. The molecular weight excluding hydrogens is 196 g/mol. The first-order valence-corrected chi connectivity index (χ1v) is 4.81. The van der Waals surface area contributed by atoms with E-state index in [-0.39, 0.29) is 17.5 Å². The quantitative estimate of drug-likeness (QED) is 0.743. The first kappa shape index (κ1) is 9.80. The Balaban J connectivity index is 2.06. The van der Waals surface area contributed by atoms with E-state index >= 15 is 0 Å². The largest absolute Gasteiger partial charge is 0.381 e. The van der Waals surface area contributed by atoms with Gasteiger partial charge in [0.2, 0.25) is 5.88 Å². The number of nitrogen functional groups attached to an aromatic ring is 1. The van der Waals surface area contributed by atoms with Crippen LogP contribution in [-0.2, 0) is 4.74 Å². The van der Waals surface area contributed by atoms with Crippen LogP contribution in [0.4, 0.5) is 11.7 Å². The van der Waals surface area contributed by atoms with Gasteiger partial charge in [0.05, 0.1) is 0 Å². The summed E-state index contributed by atoms with van der Waals surface area (Å²) in [5.74, 6) is 0.494. The van der Waals surface area contributed by atoms with Crippen LogP contribution in [0.5, 0.6) is 0 Å². The molecule has 2 heterocycles. The lowest BCUT2D eigenvalue weighted by atomic mass is 10.1. The van der Waals surface area contributed by atoms with Gasteiger partial charge in [-0.3, -0.25) is 0 Å². The molecule has 0 aliphatic carbocycles. The Labute approximate surface area is 87.0 Å². The minimum atomic E-state index is 0.0621. The second kappa shape index (κ2) is 4.19. The van der Waals surface area contributed by atoms with E-state index in [0.717, 1.165) is 26.1 Å². The van der Waals surface area contributed by atoms with Gasteiger partial charge >= 0.3 is 0 Å². The average molecular weight is 208 g/mol. The summed E-state index contributed by atoms with van der Waals surface area (Å²) in [7, 11) is 0. The number of ether oxygens (including phenoxy) is 1. The second-order valence-electron chi connectivity index (χ2n) is 3.41. The molecule has 0 atom stereocenters. The van der Waals surface area contributed by atoms with Gasteiger partial charge in [-0.25, -0.2) is 0 Å². The zero-order valence-electron chi connectivity index (χ0n) is 8.19. The van der Waals surface area contributed by atoms with Crippen LogP contribution < -0.4 is 11.1 Å². The molecule has 15 heavy (non-hydrogen) atoms. The van der Waals surface area contributed by atoms with Gasteiger partial charge in [-0.1, -0.05) is 5.16 Å². The highest BCUT2D eigenvalue weighted by molar-refractivity contribution is 5.61. The van der Waals surface area contributed by atoms with Gasteiger partial charge in [0, 0.05) is 19.3 Å². The molecule has 1 aromatic rings. The number of hydrogen-bond donors (Lipinski definition) is 2. The first-order valence-electron chi connectivity index (χ1n) is 4.81. The van der Waals surface area contributed by atoms with Crippen molar-refractivity contribution in [3.05, 3.63) is 5.56 Å². The zero-order chi connectivity index (χ0) is 10.7. The SMILES string of the molecule is N#Cc1c(NC2CCOCC2)noc1N. The summed E-state index contributed by atoms with van der Waals surface area (Å²) in [5.41, 5.74) is 5.72. The summed E-state index contributed by atoms with van der Waals surface area (Å²) in [6.45, 7) is 1.46. The molecule has 0 saturated carbocycles. The van der Waals surface area contributed by atoms with E-state index in [1.807, 2.05) is 6.07 Å². The number of nitriles is 1. The van der Waals surface area contributed by atoms with Gasteiger partial charge in [-0.2, -0.15) is 5.26 Å². The molecule has 6 nitrogen and oxygen atoms in total. The second-order valence-corrected chi connectivity index (χ2v) is 3.41. The number of rotatable bonds is 2. The van der Waals surface area contributed by atoms with Crippen LogP contribution >= 0.6 is 0 Å². The Kier molecular flexibility index (Phi) is 2.74. The molecule has 0 bridgehead atoms. The van der Waals surface area contributed by atoms with E-state index in [1.165, 1.54) is 0 Å². The third-order valence-electron chi connectivity index (χ3n) is 2.39. The van der Waals surface area contributed by atoms with Gasteiger partial charge in [-0.05, 0) is 12.8 Å². The number of aromatic nitrogens is 1. The molecule has 1 aliphatic rings. The van der Waals surface area contributed by atoms with E-state index < -0.39 is 0 Å². The van der Waals surface area contributed by atoms with Crippen molar-refractivity contribution in [1.82, 2.24) is 5.16 Å². The smallest absolute Gasteiger partial charge is 0.242 e. The standard InChI is InChI=1S/C9H12N4O2/c10-5-7-8(11)15-13-9(7)12-6-1-3-14-4-2-6/h6H,1-4,11H2,(H,12,13). The van der Waals surface area contributed by atoms with E-state index in [0.29, 0.717) is 5.82 Å². The van der Waals surface area contributed by atoms with E-state index in [2.05, 4.69) is 10.5 Å². The molecule has 1 aromatic heterocycles. The van der Waals surface area contributed by atoms with Crippen LogP contribution in [0.25, 0.3) is 0 Å². The number of anilines is 2. The van der Waals surface area contributed by atoms with Crippen molar-refractivity contribution in [2.24, 2.45) is 0 Å². The average Bonchev–Trinajstić information content (AvgIpc) is 2.61. The fourth-order valence-electron chi connectivity index (χ4n) is 1.54. The van der Waals surface area contributed by atoms with Gasteiger partial charge in [0.15, 0.2) is 11.4 Å². The predicted molar refractivity (Wildman–Crippen MR) is 53.1 cm³/mol. The Bertz CT molecular complexity index is 376. The fourth-order valence-corrected chi connectivity index (χ4v) is 1.54. The summed E-state index contributed by atoms with van der Waals surface area (Å²) in [6.07, 6.45) is 1.80. The molecule has 1 saturated heterocycles. The molecule has 0 amide bonds. The van der Waals surface area contributed by atoms with Crippen LogP contribution in [-0.4, -0.2) is 24.4 Å². The molecule has 80 valence electrons. The van der Waals surface area contributed by atoms with Crippen LogP contribution in [0, 0.1) is 11.3 Å². The summed E-state index contributed by atoms with van der Waals surface area (Å²) in [6, 6.07) is 2.23. The van der Waals surface area contributed by atoms with Gasteiger partial charge in [0.25, 0.3) is 0 Å². The topological polar surface area (TPSA) is 97.1 Å². The van der Waals surface area contributed by atoms with E-state index in [1.54, 1.807) is 0 Å². The van der Waals surface area contributed by atoms with E-state index in [4.69, 9.17) is 20.3 Å². The maximum atomic E-state index is 8.82. The van der Waals surface area contributed by atoms with Crippen molar-refractivity contribution in [3.8, 4) is 6.07 Å². The van der Waals surface area contributed by atoms with Crippen molar-refractivity contribution in [3.63, 3.8) is 0 Å². The highest BCUT2D eigenvalue weighted by Crippen LogP contribution is 2.22. The Morgan fingerprint density at radius 2 is 2.20 bits per heavy atom. The molecule has 0 radical (unpaired) electrons. The molecule has 0 unspecified atom stereocenters. The lowest BCUT2D eigenvalue weighted by molar-refractivity contribution is 0.0903. The molecule has 3 N–H and O–H groups in total. The fraction of sp³-hybridized carbons (Fsp3) is 0.556.